The van der Waals surface area contributed by atoms with Crippen LogP contribution in [0, 0.1) is 12.3 Å². The van der Waals surface area contributed by atoms with Crippen LogP contribution in [-0.2, 0) is 24.2 Å². The SMILES string of the molecule is C=CC(=O)N(C)CCOc1c(N)ncnc1-c1ccc(Cn2ccn3c4c(cc3c2=O)CC(C)(C)C4)c(C)c1. The molecule has 9 heteroatoms. The lowest BCUT2D eigenvalue weighted by molar-refractivity contribution is -0.125. The van der Waals surface area contributed by atoms with Crippen molar-refractivity contribution in [1.82, 2.24) is 23.8 Å². The zero-order valence-corrected chi connectivity index (χ0v) is 22.9. The molecule has 3 aromatic heterocycles. The highest BCUT2D eigenvalue weighted by molar-refractivity contribution is 5.86. The van der Waals surface area contributed by atoms with Crippen LogP contribution in [0.5, 0.6) is 5.75 Å². The van der Waals surface area contributed by atoms with Gasteiger partial charge in [-0.05, 0) is 60.1 Å². The molecule has 0 saturated heterocycles. The smallest absolute Gasteiger partial charge is 0.275 e. The summed E-state index contributed by atoms with van der Waals surface area (Å²) in [6.07, 6.45) is 8.51. The normalized spacial score (nSPS) is 13.8. The number of carbonyl (C=O) groups excluding carboxylic acids is 1. The maximum absolute atomic E-state index is 13.4. The summed E-state index contributed by atoms with van der Waals surface area (Å²) in [5.74, 6) is 0.405. The van der Waals surface area contributed by atoms with E-state index in [4.69, 9.17) is 10.5 Å². The lowest BCUT2D eigenvalue weighted by Crippen LogP contribution is -2.29. The van der Waals surface area contributed by atoms with Gasteiger partial charge in [-0.15, -0.1) is 0 Å². The molecule has 5 rings (SSSR count). The molecule has 1 aliphatic rings. The molecule has 0 spiro atoms. The fourth-order valence-electron chi connectivity index (χ4n) is 5.31. The van der Waals surface area contributed by atoms with E-state index in [9.17, 15) is 9.59 Å². The first kappa shape index (κ1) is 26.2. The first-order chi connectivity index (χ1) is 18.6. The summed E-state index contributed by atoms with van der Waals surface area (Å²) in [7, 11) is 1.67. The Morgan fingerprint density at radius 1 is 1.23 bits per heavy atom. The van der Waals surface area contributed by atoms with Crippen LogP contribution < -0.4 is 16.0 Å². The van der Waals surface area contributed by atoms with E-state index in [1.807, 2.05) is 37.5 Å². The molecule has 0 bridgehead atoms. The van der Waals surface area contributed by atoms with Crippen LogP contribution in [-0.4, -0.2) is 49.9 Å². The van der Waals surface area contributed by atoms with Gasteiger partial charge in [0, 0.05) is 30.7 Å². The van der Waals surface area contributed by atoms with Crippen molar-refractivity contribution >= 4 is 17.2 Å². The highest BCUT2D eigenvalue weighted by atomic mass is 16.5. The fraction of sp³-hybridized carbons (Fsp3) is 0.333. The number of nitrogens with two attached hydrogens (primary N) is 1. The van der Waals surface area contributed by atoms with Gasteiger partial charge < -0.3 is 24.3 Å². The lowest BCUT2D eigenvalue weighted by Gasteiger charge is -2.17. The third kappa shape index (κ3) is 5.04. The van der Waals surface area contributed by atoms with Crippen molar-refractivity contribution in [3.8, 4) is 17.0 Å². The number of hydrogen-bond donors (Lipinski definition) is 1. The van der Waals surface area contributed by atoms with Crippen LogP contribution in [0.1, 0.15) is 36.2 Å². The molecule has 0 unspecified atom stereocenters. The summed E-state index contributed by atoms with van der Waals surface area (Å²) in [5, 5.41) is 0. The minimum atomic E-state index is -0.189. The Balaban J connectivity index is 1.38. The van der Waals surface area contributed by atoms with Crippen molar-refractivity contribution in [2.45, 2.75) is 40.2 Å². The molecule has 4 aromatic rings. The molecule has 39 heavy (non-hydrogen) atoms. The molecule has 1 aromatic carbocycles. The number of hydrogen-bond acceptors (Lipinski definition) is 6. The van der Waals surface area contributed by atoms with E-state index in [2.05, 4.69) is 40.9 Å². The number of likely N-dealkylation sites (N-methyl/N-ethyl adjacent to an activating group) is 1. The number of anilines is 1. The number of aromatic nitrogens is 4. The van der Waals surface area contributed by atoms with Crippen LogP contribution in [0.2, 0.25) is 0 Å². The summed E-state index contributed by atoms with van der Waals surface area (Å²) in [5.41, 5.74) is 13.0. The van der Waals surface area contributed by atoms with E-state index < -0.39 is 0 Å². The molecular weight excluding hydrogens is 492 g/mol. The Kier molecular flexibility index (Phi) is 6.76. The molecule has 0 radical (unpaired) electrons. The van der Waals surface area contributed by atoms with Crippen LogP contribution in [0.25, 0.3) is 16.8 Å². The molecule has 0 atom stereocenters. The molecule has 2 N–H and O–H groups in total. The van der Waals surface area contributed by atoms with Crippen molar-refractivity contribution in [1.29, 1.82) is 0 Å². The number of carbonyl (C=O) groups is 1. The Bertz CT molecular complexity index is 1650. The largest absolute Gasteiger partial charge is 0.486 e. The molecule has 0 fully saturated rings. The van der Waals surface area contributed by atoms with Crippen molar-refractivity contribution in [2.24, 2.45) is 5.41 Å². The van der Waals surface area contributed by atoms with Gasteiger partial charge in [-0.2, -0.15) is 0 Å². The molecule has 1 aliphatic carbocycles. The van der Waals surface area contributed by atoms with Gasteiger partial charge in [0.2, 0.25) is 5.91 Å². The second kappa shape index (κ2) is 10.1. The van der Waals surface area contributed by atoms with Crippen LogP contribution in [0.15, 0.2) is 60.4 Å². The van der Waals surface area contributed by atoms with Crippen molar-refractivity contribution in [2.75, 3.05) is 25.9 Å². The van der Waals surface area contributed by atoms with Crippen LogP contribution >= 0.6 is 0 Å². The third-order valence-electron chi connectivity index (χ3n) is 7.43. The molecule has 0 saturated carbocycles. The van der Waals surface area contributed by atoms with E-state index in [0.717, 1.165) is 35.0 Å². The Hall–Kier alpha value is -4.40. The van der Waals surface area contributed by atoms with Crippen molar-refractivity contribution in [3.05, 3.63) is 88.4 Å². The Labute approximate surface area is 227 Å². The molecule has 1 amide bonds. The van der Waals surface area contributed by atoms with E-state index in [1.54, 1.807) is 11.6 Å². The minimum absolute atomic E-state index is 0.00680. The quantitative estimate of drug-likeness (QED) is 0.351. The van der Waals surface area contributed by atoms with Gasteiger partial charge in [-0.25, -0.2) is 9.97 Å². The number of benzene rings is 1. The van der Waals surface area contributed by atoms with E-state index in [0.29, 0.717) is 24.5 Å². The number of fused-ring (bicyclic) bond motifs is 3. The number of amides is 1. The first-order valence-corrected chi connectivity index (χ1v) is 13.0. The highest BCUT2D eigenvalue weighted by Crippen LogP contribution is 2.37. The Morgan fingerprint density at radius 3 is 2.77 bits per heavy atom. The molecular formula is C30H34N6O3. The fourth-order valence-corrected chi connectivity index (χ4v) is 5.31. The summed E-state index contributed by atoms with van der Waals surface area (Å²) in [6, 6.07) is 8.02. The third-order valence-corrected chi connectivity index (χ3v) is 7.43. The van der Waals surface area contributed by atoms with Gasteiger partial charge in [0.25, 0.3) is 5.56 Å². The Morgan fingerprint density at radius 2 is 2.03 bits per heavy atom. The van der Waals surface area contributed by atoms with Gasteiger partial charge in [0.1, 0.15) is 24.1 Å². The second-order valence-corrected chi connectivity index (χ2v) is 11.0. The number of ether oxygens (including phenoxy) is 1. The maximum Gasteiger partial charge on any atom is 0.275 e. The number of nitrogens with zero attached hydrogens (tertiary/aromatic N) is 5. The van der Waals surface area contributed by atoms with E-state index in [1.165, 1.54) is 28.6 Å². The van der Waals surface area contributed by atoms with E-state index >= 15 is 0 Å². The topological polar surface area (TPSA) is 108 Å². The monoisotopic (exact) mass is 526 g/mol. The van der Waals surface area contributed by atoms with Gasteiger partial charge in [0.05, 0.1) is 13.1 Å². The van der Waals surface area contributed by atoms with Crippen molar-refractivity contribution < 1.29 is 9.53 Å². The lowest BCUT2D eigenvalue weighted by atomic mass is 9.90. The average molecular weight is 527 g/mol. The summed E-state index contributed by atoms with van der Waals surface area (Å²) in [4.78, 5) is 35.1. The summed E-state index contributed by atoms with van der Waals surface area (Å²) in [6.45, 7) is 11.1. The molecule has 0 aliphatic heterocycles. The van der Waals surface area contributed by atoms with Gasteiger partial charge in [0.15, 0.2) is 11.6 Å². The average Bonchev–Trinajstić information content (AvgIpc) is 3.39. The van der Waals surface area contributed by atoms with Gasteiger partial charge in [-0.1, -0.05) is 32.6 Å². The number of rotatable bonds is 8. The van der Waals surface area contributed by atoms with E-state index in [-0.39, 0.29) is 29.3 Å². The molecule has 9 nitrogen and oxygen atoms in total. The molecule has 3 heterocycles. The highest BCUT2D eigenvalue weighted by Gasteiger charge is 2.31. The maximum atomic E-state index is 13.4. The zero-order valence-electron chi connectivity index (χ0n) is 22.9. The second-order valence-electron chi connectivity index (χ2n) is 11.0. The van der Waals surface area contributed by atoms with Gasteiger partial charge in [-0.3, -0.25) is 9.59 Å². The number of nitrogen functional groups attached to an aromatic ring is 1. The molecule has 202 valence electrons. The van der Waals surface area contributed by atoms with Crippen LogP contribution in [0.4, 0.5) is 5.82 Å². The predicted molar refractivity (Wildman–Crippen MR) is 152 cm³/mol. The summed E-state index contributed by atoms with van der Waals surface area (Å²) < 4.78 is 9.74. The van der Waals surface area contributed by atoms with Crippen molar-refractivity contribution in [3.63, 3.8) is 0 Å². The van der Waals surface area contributed by atoms with Gasteiger partial charge >= 0.3 is 0 Å². The minimum Gasteiger partial charge on any atom is -0.486 e. The van der Waals surface area contributed by atoms with Crippen LogP contribution in [0.3, 0.4) is 0 Å². The standard InChI is InChI=1S/C30H34N6O3/c1-6-25(37)34(5)11-12-39-27-26(32-18-33-28(27)31)20-7-8-21(19(2)13-20)17-35-9-10-36-23(29(35)38)14-22-15-30(3,4)16-24(22)36/h6-10,13-14,18H,1,11-12,15-17H2,2-5H3,(H2,31,32,33). The number of aryl methyl sites for hydroxylation is 1. The zero-order chi connectivity index (χ0) is 27.9. The predicted octanol–water partition coefficient (Wildman–Crippen LogP) is 3.64. The first-order valence-electron chi connectivity index (χ1n) is 13.0. The summed E-state index contributed by atoms with van der Waals surface area (Å²) >= 11 is 0.